The Hall–Kier alpha value is -1.42. The summed E-state index contributed by atoms with van der Waals surface area (Å²) < 4.78 is 0. The Morgan fingerprint density at radius 1 is 1.26 bits per heavy atom. The molecule has 3 nitrogen and oxygen atoms in total. The number of nitrogens with one attached hydrogen (secondary N) is 1. The number of hydrogen-bond donors (Lipinski definition) is 2. The molecule has 0 spiro atoms. The molecule has 0 amide bonds. The number of benzene rings is 1. The number of hydrogen-bond acceptors (Lipinski definition) is 2. The third-order valence-corrected chi connectivity index (χ3v) is 5.14. The van der Waals surface area contributed by atoms with E-state index in [1.54, 1.807) is 11.8 Å². The van der Waals surface area contributed by atoms with E-state index >= 15 is 0 Å². The lowest BCUT2D eigenvalue weighted by Gasteiger charge is -2.27. The first-order valence-electron chi connectivity index (χ1n) is 6.71. The predicted octanol–water partition coefficient (Wildman–Crippen LogP) is 3.90. The molecule has 0 radical (unpaired) electrons. The van der Waals surface area contributed by atoms with Gasteiger partial charge in [0.1, 0.15) is 0 Å². The Balaban J connectivity index is 1.80. The molecule has 19 heavy (non-hydrogen) atoms. The van der Waals surface area contributed by atoms with E-state index < -0.39 is 5.97 Å². The van der Waals surface area contributed by atoms with Gasteiger partial charge >= 0.3 is 5.97 Å². The zero-order chi connectivity index (χ0) is 13.2. The second-order valence-electron chi connectivity index (χ2n) is 5.11. The molecule has 2 aromatic rings. The van der Waals surface area contributed by atoms with Crippen LogP contribution in [0, 0.1) is 5.92 Å². The summed E-state index contributed by atoms with van der Waals surface area (Å²) in [5, 5.41) is 11.8. The fourth-order valence-electron chi connectivity index (χ4n) is 2.79. The average molecular weight is 275 g/mol. The minimum Gasteiger partial charge on any atom is -0.481 e. The van der Waals surface area contributed by atoms with Gasteiger partial charge in [-0.15, -0.1) is 11.8 Å². The van der Waals surface area contributed by atoms with Gasteiger partial charge in [0.05, 0.1) is 10.9 Å². The summed E-state index contributed by atoms with van der Waals surface area (Å²) in [5.74, 6) is -0.849. The lowest BCUT2D eigenvalue weighted by molar-refractivity contribution is -0.142. The Bertz CT molecular complexity index is 560. The Morgan fingerprint density at radius 3 is 2.84 bits per heavy atom. The monoisotopic (exact) mass is 275 g/mol. The lowest BCUT2D eigenvalue weighted by atomic mass is 9.89. The van der Waals surface area contributed by atoms with E-state index in [0.717, 1.165) is 36.2 Å². The number of H-pyrrole nitrogens is 1. The van der Waals surface area contributed by atoms with Crippen LogP contribution in [0.15, 0.2) is 35.4 Å². The zero-order valence-electron chi connectivity index (χ0n) is 10.6. The maximum absolute atomic E-state index is 11.3. The Labute approximate surface area is 116 Å². The summed E-state index contributed by atoms with van der Waals surface area (Å²) in [7, 11) is 0. The quantitative estimate of drug-likeness (QED) is 0.893. The molecular weight excluding hydrogens is 258 g/mol. The van der Waals surface area contributed by atoms with Crippen molar-refractivity contribution in [2.75, 3.05) is 0 Å². The third kappa shape index (κ3) is 2.63. The molecule has 0 saturated heterocycles. The van der Waals surface area contributed by atoms with Gasteiger partial charge in [-0.2, -0.15) is 0 Å². The van der Waals surface area contributed by atoms with Crippen molar-refractivity contribution in [3.05, 3.63) is 30.3 Å². The molecule has 100 valence electrons. The number of fused-ring (bicyclic) bond motifs is 1. The van der Waals surface area contributed by atoms with Gasteiger partial charge in [0.15, 0.2) is 0 Å². The van der Waals surface area contributed by atoms with Gasteiger partial charge in [0.25, 0.3) is 0 Å². The minimum atomic E-state index is -0.645. The summed E-state index contributed by atoms with van der Waals surface area (Å²) in [6, 6.07) is 10.3. The van der Waals surface area contributed by atoms with Gasteiger partial charge in [-0.1, -0.05) is 31.0 Å². The second-order valence-corrected chi connectivity index (χ2v) is 6.39. The van der Waals surface area contributed by atoms with Crippen molar-refractivity contribution < 1.29 is 9.90 Å². The highest BCUT2D eigenvalue weighted by Crippen LogP contribution is 2.38. The molecule has 1 fully saturated rings. The van der Waals surface area contributed by atoms with Crippen LogP contribution >= 0.6 is 11.8 Å². The van der Waals surface area contributed by atoms with Crippen LogP contribution in [0.4, 0.5) is 0 Å². The predicted molar refractivity (Wildman–Crippen MR) is 77.5 cm³/mol. The first kappa shape index (κ1) is 12.6. The Morgan fingerprint density at radius 2 is 2.05 bits per heavy atom. The molecule has 1 aromatic carbocycles. The number of aliphatic carboxylic acids is 1. The fraction of sp³-hybridized carbons (Fsp3) is 0.400. The van der Waals surface area contributed by atoms with Crippen molar-refractivity contribution >= 4 is 28.6 Å². The molecule has 2 unspecified atom stereocenters. The lowest BCUT2D eigenvalue weighted by Crippen LogP contribution is -2.29. The molecule has 1 aliphatic rings. The molecule has 2 atom stereocenters. The second kappa shape index (κ2) is 5.29. The van der Waals surface area contributed by atoms with Crippen molar-refractivity contribution in [1.82, 2.24) is 4.98 Å². The number of aromatic amines is 1. The highest BCUT2D eigenvalue weighted by atomic mass is 32.2. The molecular formula is C15H17NO2S. The molecule has 2 N–H and O–H groups in total. The van der Waals surface area contributed by atoms with E-state index in [2.05, 4.69) is 23.2 Å². The molecule has 4 heteroatoms. The molecule has 0 bridgehead atoms. The van der Waals surface area contributed by atoms with E-state index in [9.17, 15) is 9.90 Å². The summed E-state index contributed by atoms with van der Waals surface area (Å²) in [6.45, 7) is 0. The van der Waals surface area contributed by atoms with Gasteiger partial charge in [-0.05, 0) is 25.0 Å². The average Bonchev–Trinajstić information content (AvgIpc) is 2.81. The van der Waals surface area contributed by atoms with Crippen LogP contribution in [-0.4, -0.2) is 21.3 Å². The number of carboxylic acids is 1. The number of carboxylic acid groups (broad SMARTS) is 1. The minimum absolute atomic E-state index is 0.194. The van der Waals surface area contributed by atoms with E-state index in [0.29, 0.717) is 0 Å². The normalized spacial score (nSPS) is 23.6. The van der Waals surface area contributed by atoms with Crippen molar-refractivity contribution in [2.24, 2.45) is 5.92 Å². The van der Waals surface area contributed by atoms with Crippen LogP contribution in [-0.2, 0) is 4.79 Å². The highest BCUT2D eigenvalue weighted by molar-refractivity contribution is 7.99. The van der Waals surface area contributed by atoms with Crippen molar-refractivity contribution in [2.45, 2.75) is 36.0 Å². The molecule has 0 aliphatic heterocycles. The fourth-order valence-corrected chi connectivity index (χ4v) is 4.19. The Kier molecular flexibility index (Phi) is 3.51. The number of para-hydroxylation sites is 1. The van der Waals surface area contributed by atoms with E-state index in [4.69, 9.17) is 0 Å². The van der Waals surface area contributed by atoms with Gasteiger partial charge in [0.2, 0.25) is 0 Å². The molecule has 1 aliphatic carbocycles. The molecule has 3 rings (SSSR count). The first-order valence-corrected chi connectivity index (χ1v) is 7.59. The molecule has 1 aromatic heterocycles. The van der Waals surface area contributed by atoms with Gasteiger partial charge in [-0.25, -0.2) is 0 Å². The number of thioether (sulfide) groups is 1. The highest BCUT2D eigenvalue weighted by Gasteiger charge is 2.31. The molecule has 1 heterocycles. The SMILES string of the molecule is O=C(O)C1CCCCC1Sc1cc2ccccc2[nH]1. The van der Waals surface area contributed by atoms with Crippen LogP contribution in [0.5, 0.6) is 0 Å². The van der Waals surface area contributed by atoms with Crippen LogP contribution in [0.25, 0.3) is 10.9 Å². The van der Waals surface area contributed by atoms with E-state index in [1.807, 2.05) is 12.1 Å². The number of aromatic nitrogens is 1. The summed E-state index contributed by atoms with van der Waals surface area (Å²) in [6.07, 6.45) is 3.99. The molecule has 1 saturated carbocycles. The van der Waals surface area contributed by atoms with Crippen molar-refractivity contribution in [3.8, 4) is 0 Å². The maximum atomic E-state index is 11.3. The number of rotatable bonds is 3. The maximum Gasteiger partial charge on any atom is 0.307 e. The summed E-state index contributed by atoms with van der Waals surface area (Å²) in [4.78, 5) is 14.7. The zero-order valence-corrected chi connectivity index (χ0v) is 11.5. The summed E-state index contributed by atoms with van der Waals surface area (Å²) >= 11 is 1.69. The number of carbonyl (C=O) groups is 1. The van der Waals surface area contributed by atoms with Crippen LogP contribution in [0.3, 0.4) is 0 Å². The summed E-state index contributed by atoms with van der Waals surface area (Å²) in [5.41, 5.74) is 1.12. The van der Waals surface area contributed by atoms with Crippen LogP contribution in [0.2, 0.25) is 0 Å². The van der Waals surface area contributed by atoms with Crippen molar-refractivity contribution in [1.29, 1.82) is 0 Å². The van der Waals surface area contributed by atoms with Gasteiger partial charge < -0.3 is 10.1 Å². The standard InChI is InChI=1S/C15H17NO2S/c17-15(18)11-6-2-4-8-13(11)19-14-9-10-5-1-3-7-12(10)16-14/h1,3,5,7,9,11,13,16H,2,4,6,8H2,(H,17,18). The van der Waals surface area contributed by atoms with E-state index in [-0.39, 0.29) is 11.2 Å². The first-order chi connectivity index (χ1) is 9.24. The van der Waals surface area contributed by atoms with Crippen LogP contribution < -0.4 is 0 Å². The largest absolute Gasteiger partial charge is 0.481 e. The smallest absolute Gasteiger partial charge is 0.307 e. The van der Waals surface area contributed by atoms with Crippen molar-refractivity contribution in [3.63, 3.8) is 0 Å². The van der Waals surface area contributed by atoms with Crippen LogP contribution in [0.1, 0.15) is 25.7 Å². The van der Waals surface area contributed by atoms with Gasteiger partial charge in [-0.3, -0.25) is 4.79 Å². The van der Waals surface area contributed by atoms with Gasteiger partial charge in [0, 0.05) is 16.2 Å². The third-order valence-electron chi connectivity index (χ3n) is 3.80. The van der Waals surface area contributed by atoms with E-state index in [1.165, 1.54) is 5.39 Å². The topological polar surface area (TPSA) is 53.1 Å².